The third-order valence-electron chi connectivity index (χ3n) is 3.52. The lowest BCUT2D eigenvalue weighted by molar-refractivity contribution is -0.127. The molecule has 0 spiro atoms. The molecule has 3 nitrogen and oxygen atoms in total. The molecule has 0 saturated heterocycles. The van der Waals surface area contributed by atoms with Gasteiger partial charge in [-0.05, 0) is 56.9 Å². The summed E-state index contributed by atoms with van der Waals surface area (Å²) in [6.07, 6.45) is 2.86. The lowest BCUT2D eigenvalue weighted by atomic mass is 10.1. The number of unbranched alkanes of at least 4 members (excludes halogenated alkanes) is 2. The molecule has 20 heavy (non-hydrogen) atoms. The molecule has 0 radical (unpaired) electrons. The lowest BCUT2D eigenvalue weighted by Crippen LogP contribution is -2.37. The van der Waals surface area contributed by atoms with Crippen LogP contribution in [0.1, 0.15) is 49.8 Å². The summed E-state index contributed by atoms with van der Waals surface area (Å²) in [5.74, 6) is 0.762. The number of nitrogens with one attached hydrogen (secondary N) is 1. The summed E-state index contributed by atoms with van der Waals surface area (Å²) in [6.45, 7) is 10.8. The van der Waals surface area contributed by atoms with Crippen molar-refractivity contribution in [3.8, 4) is 5.75 Å². The van der Waals surface area contributed by atoms with E-state index in [9.17, 15) is 4.79 Å². The van der Waals surface area contributed by atoms with Gasteiger partial charge in [-0.3, -0.25) is 4.79 Å². The Labute approximate surface area is 122 Å². The van der Waals surface area contributed by atoms with Crippen molar-refractivity contribution >= 4 is 5.91 Å². The van der Waals surface area contributed by atoms with Gasteiger partial charge in [0.1, 0.15) is 5.75 Å². The van der Waals surface area contributed by atoms with E-state index in [-0.39, 0.29) is 5.91 Å². The van der Waals surface area contributed by atoms with Gasteiger partial charge in [-0.2, -0.15) is 0 Å². The van der Waals surface area contributed by atoms with Crippen LogP contribution in [0.5, 0.6) is 5.75 Å². The monoisotopic (exact) mass is 277 g/mol. The van der Waals surface area contributed by atoms with E-state index in [1.165, 1.54) is 5.56 Å². The molecule has 1 aromatic rings. The Kier molecular flexibility index (Phi) is 6.56. The number of ether oxygens (including phenoxy) is 1. The van der Waals surface area contributed by atoms with Crippen LogP contribution in [-0.2, 0) is 4.79 Å². The quantitative estimate of drug-likeness (QED) is 0.772. The summed E-state index contributed by atoms with van der Waals surface area (Å²) in [5.41, 5.74) is 3.44. The van der Waals surface area contributed by atoms with Crippen molar-refractivity contribution in [3.05, 3.63) is 28.8 Å². The Hall–Kier alpha value is -1.51. The van der Waals surface area contributed by atoms with Crippen LogP contribution in [0.25, 0.3) is 0 Å². The second kappa shape index (κ2) is 7.93. The van der Waals surface area contributed by atoms with Crippen LogP contribution in [0.4, 0.5) is 0 Å². The molecule has 0 fully saturated rings. The van der Waals surface area contributed by atoms with E-state index >= 15 is 0 Å². The minimum atomic E-state index is -0.462. The minimum Gasteiger partial charge on any atom is -0.481 e. The molecule has 0 bridgehead atoms. The van der Waals surface area contributed by atoms with Crippen molar-refractivity contribution in [2.24, 2.45) is 0 Å². The number of benzene rings is 1. The second-order valence-corrected chi connectivity index (χ2v) is 5.46. The normalized spacial score (nSPS) is 12.1. The SMILES string of the molecule is CCCCCNC(=O)[C@H](C)Oc1cc(C)cc(C)c1C. The molecule has 0 unspecified atom stereocenters. The van der Waals surface area contributed by atoms with E-state index in [1.54, 1.807) is 6.92 Å². The summed E-state index contributed by atoms with van der Waals surface area (Å²) in [5, 5.41) is 2.92. The molecule has 1 amide bonds. The fourth-order valence-electron chi connectivity index (χ4n) is 2.10. The topological polar surface area (TPSA) is 38.3 Å². The third kappa shape index (κ3) is 4.87. The highest BCUT2D eigenvalue weighted by Gasteiger charge is 2.15. The lowest BCUT2D eigenvalue weighted by Gasteiger charge is -2.18. The standard InChI is InChI=1S/C17H27NO2/c1-6-7-8-9-18-17(19)15(5)20-16-11-12(2)10-13(3)14(16)4/h10-11,15H,6-9H2,1-5H3,(H,18,19)/t15-/m0/s1. The fraction of sp³-hybridized carbons (Fsp3) is 0.588. The molecule has 0 aliphatic heterocycles. The first-order chi connectivity index (χ1) is 9.45. The fourth-order valence-corrected chi connectivity index (χ4v) is 2.10. The van der Waals surface area contributed by atoms with Crippen molar-refractivity contribution in [2.75, 3.05) is 6.54 Å². The molecule has 1 atom stereocenters. The number of amides is 1. The van der Waals surface area contributed by atoms with Crippen LogP contribution >= 0.6 is 0 Å². The maximum Gasteiger partial charge on any atom is 0.260 e. The molecule has 0 aromatic heterocycles. The zero-order valence-corrected chi connectivity index (χ0v) is 13.4. The number of hydrogen-bond donors (Lipinski definition) is 1. The molecule has 0 aliphatic rings. The van der Waals surface area contributed by atoms with Crippen molar-refractivity contribution < 1.29 is 9.53 Å². The van der Waals surface area contributed by atoms with Crippen LogP contribution in [0.3, 0.4) is 0 Å². The van der Waals surface area contributed by atoms with E-state index < -0.39 is 6.10 Å². The molecular formula is C17H27NO2. The number of aryl methyl sites for hydroxylation is 2. The maximum absolute atomic E-state index is 12.0. The maximum atomic E-state index is 12.0. The first-order valence-electron chi connectivity index (χ1n) is 7.48. The zero-order valence-electron chi connectivity index (χ0n) is 13.4. The van der Waals surface area contributed by atoms with Gasteiger partial charge in [0.15, 0.2) is 6.10 Å². The first-order valence-corrected chi connectivity index (χ1v) is 7.48. The van der Waals surface area contributed by atoms with Crippen LogP contribution in [0.2, 0.25) is 0 Å². The van der Waals surface area contributed by atoms with Crippen LogP contribution in [0.15, 0.2) is 12.1 Å². The van der Waals surface area contributed by atoms with E-state index in [0.717, 1.165) is 42.7 Å². The van der Waals surface area contributed by atoms with E-state index in [0.29, 0.717) is 0 Å². The van der Waals surface area contributed by atoms with Gasteiger partial charge in [0, 0.05) is 6.54 Å². The van der Waals surface area contributed by atoms with E-state index in [2.05, 4.69) is 25.2 Å². The summed E-state index contributed by atoms with van der Waals surface area (Å²) in [7, 11) is 0. The highest BCUT2D eigenvalue weighted by Crippen LogP contribution is 2.24. The van der Waals surface area contributed by atoms with Crippen LogP contribution < -0.4 is 10.1 Å². The van der Waals surface area contributed by atoms with Gasteiger partial charge in [0.05, 0.1) is 0 Å². The molecule has 1 aromatic carbocycles. The van der Waals surface area contributed by atoms with Crippen molar-refractivity contribution in [3.63, 3.8) is 0 Å². The van der Waals surface area contributed by atoms with Gasteiger partial charge in [0.2, 0.25) is 0 Å². The molecule has 1 rings (SSSR count). The van der Waals surface area contributed by atoms with Gasteiger partial charge in [-0.15, -0.1) is 0 Å². The number of hydrogen-bond acceptors (Lipinski definition) is 2. The zero-order chi connectivity index (χ0) is 15.1. The van der Waals surface area contributed by atoms with Gasteiger partial charge in [-0.1, -0.05) is 25.8 Å². The average molecular weight is 277 g/mol. The van der Waals surface area contributed by atoms with Crippen LogP contribution in [0, 0.1) is 20.8 Å². The molecule has 1 N–H and O–H groups in total. The Morgan fingerprint density at radius 2 is 1.95 bits per heavy atom. The van der Waals surface area contributed by atoms with Crippen molar-refractivity contribution in [1.29, 1.82) is 0 Å². The van der Waals surface area contributed by atoms with Crippen molar-refractivity contribution in [2.45, 2.75) is 60.0 Å². The highest BCUT2D eigenvalue weighted by atomic mass is 16.5. The smallest absolute Gasteiger partial charge is 0.260 e. The largest absolute Gasteiger partial charge is 0.481 e. The predicted octanol–water partition coefficient (Wildman–Crippen LogP) is 3.69. The highest BCUT2D eigenvalue weighted by molar-refractivity contribution is 5.80. The van der Waals surface area contributed by atoms with E-state index in [4.69, 9.17) is 4.74 Å². The Morgan fingerprint density at radius 1 is 1.25 bits per heavy atom. The summed E-state index contributed by atoms with van der Waals surface area (Å²) < 4.78 is 5.81. The predicted molar refractivity (Wildman–Crippen MR) is 83.3 cm³/mol. The Balaban J connectivity index is 2.57. The molecule has 112 valence electrons. The molecule has 0 saturated carbocycles. The van der Waals surface area contributed by atoms with Gasteiger partial charge in [0.25, 0.3) is 5.91 Å². The van der Waals surface area contributed by atoms with Crippen LogP contribution in [-0.4, -0.2) is 18.6 Å². The molecule has 0 heterocycles. The number of carbonyl (C=O) groups is 1. The molecule has 0 aliphatic carbocycles. The molecular weight excluding hydrogens is 250 g/mol. The summed E-state index contributed by atoms with van der Waals surface area (Å²) >= 11 is 0. The van der Waals surface area contributed by atoms with Crippen molar-refractivity contribution in [1.82, 2.24) is 5.32 Å². The first kappa shape index (κ1) is 16.5. The second-order valence-electron chi connectivity index (χ2n) is 5.46. The Bertz CT molecular complexity index is 455. The van der Waals surface area contributed by atoms with Gasteiger partial charge in [-0.25, -0.2) is 0 Å². The third-order valence-corrected chi connectivity index (χ3v) is 3.52. The average Bonchev–Trinajstić information content (AvgIpc) is 2.40. The molecule has 3 heteroatoms. The Morgan fingerprint density at radius 3 is 2.60 bits per heavy atom. The number of carbonyl (C=O) groups excluding carboxylic acids is 1. The summed E-state index contributed by atoms with van der Waals surface area (Å²) in [6, 6.07) is 4.11. The number of rotatable bonds is 7. The minimum absolute atomic E-state index is 0.0420. The van der Waals surface area contributed by atoms with Gasteiger partial charge >= 0.3 is 0 Å². The summed E-state index contributed by atoms with van der Waals surface area (Å²) in [4.78, 5) is 12.0. The van der Waals surface area contributed by atoms with E-state index in [1.807, 2.05) is 19.9 Å². The van der Waals surface area contributed by atoms with Gasteiger partial charge < -0.3 is 10.1 Å².